The van der Waals surface area contributed by atoms with Crippen molar-refractivity contribution in [1.29, 1.82) is 0 Å². The smallest absolute Gasteiger partial charge is 0.272 e. The zero-order chi connectivity index (χ0) is 16.3. The molecule has 1 aliphatic heterocycles. The molecule has 1 unspecified atom stereocenters. The van der Waals surface area contributed by atoms with Crippen LogP contribution in [0, 0.1) is 10.8 Å². The lowest BCUT2D eigenvalue weighted by Gasteiger charge is -2.10. The van der Waals surface area contributed by atoms with Crippen LogP contribution in [0.25, 0.3) is 0 Å². The van der Waals surface area contributed by atoms with E-state index in [1.165, 1.54) is 11.3 Å². The van der Waals surface area contributed by atoms with E-state index in [-0.39, 0.29) is 13.1 Å². The number of thiophene rings is 1. The van der Waals surface area contributed by atoms with Crippen LogP contribution in [0.3, 0.4) is 0 Å². The summed E-state index contributed by atoms with van der Waals surface area (Å²) in [5, 5.41) is 3.18. The van der Waals surface area contributed by atoms with Crippen molar-refractivity contribution in [2.75, 3.05) is 6.54 Å². The number of nitrogens with zero attached hydrogens (tertiary/aromatic N) is 2. The number of carbonyl (C=O) groups excluding carboxylic acids is 1. The minimum atomic E-state index is -3.72. The third-order valence-electron chi connectivity index (χ3n) is 3.39. The highest BCUT2D eigenvalue weighted by atomic mass is 32.2. The molecule has 1 saturated heterocycles. The molecule has 0 aliphatic carbocycles. The van der Waals surface area contributed by atoms with Crippen LogP contribution >= 0.6 is 11.3 Å². The zero-order valence-corrected chi connectivity index (χ0v) is 14.1. The second kappa shape index (κ2) is 6.84. The lowest BCUT2D eigenvalue weighted by Crippen LogP contribution is -2.28. The molecule has 2 rings (SSSR count). The molecule has 1 fully saturated rings. The van der Waals surface area contributed by atoms with Crippen molar-refractivity contribution in [1.82, 2.24) is 9.03 Å². The summed E-state index contributed by atoms with van der Waals surface area (Å²) in [5.41, 5.74) is 0. The summed E-state index contributed by atoms with van der Waals surface area (Å²) >= 11 is 1.37. The molecule has 0 saturated carbocycles. The summed E-state index contributed by atoms with van der Waals surface area (Å²) in [6.07, 6.45) is 1.59. The highest BCUT2D eigenvalue weighted by molar-refractivity contribution is 7.88. The maximum absolute atomic E-state index is 11.7. The largest absolute Gasteiger partial charge is 0.304 e. The molecule has 0 spiro atoms. The van der Waals surface area contributed by atoms with Gasteiger partial charge in [-0.3, -0.25) is 4.79 Å². The Kier molecular flexibility index (Phi) is 5.30. The van der Waals surface area contributed by atoms with E-state index in [0.29, 0.717) is 12.3 Å². The Morgan fingerprint density at radius 2 is 2.09 bits per heavy atom. The number of amides is 1. The van der Waals surface area contributed by atoms with Crippen LogP contribution < -0.4 is 4.72 Å². The Morgan fingerprint density at radius 1 is 1.36 bits per heavy atom. The molecular weight excluding hydrogens is 326 g/mol. The number of nitroso groups, excluding NO2 is 1. The average molecular weight is 345 g/mol. The van der Waals surface area contributed by atoms with Gasteiger partial charge in [0.05, 0.1) is 13.1 Å². The summed E-state index contributed by atoms with van der Waals surface area (Å²) in [7, 11) is -3.72. The second-order valence-electron chi connectivity index (χ2n) is 5.69. The zero-order valence-electron chi connectivity index (χ0n) is 12.5. The van der Waals surface area contributed by atoms with Crippen molar-refractivity contribution < 1.29 is 13.2 Å². The van der Waals surface area contributed by atoms with Gasteiger partial charge in [-0.2, -0.15) is 17.6 Å². The summed E-state index contributed by atoms with van der Waals surface area (Å²) in [6, 6.07) is 3.20. The summed E-state index contributed by atoms with van der Waals surface area (Å²) < 4.78 is 26.4. The number of nitrogens with one attached hydrogen (secondary N) is 1. The van der Waals surface area contributed by atoms with E-state index in [1.54, 1.807) is 6.07 Å². The molecule has 1 atom stereocenters. The maximum atomic E-state index is 11.7. The molecule has 22 heavy (non-hydrogen) atoms. The van der Waals surface area contributed by atoms with Crippen molar-refractivity contribution in [3.63, 3.8) is 0 Å². The molecule has 0 radical (unpaired) electrons. The van der Waals surface area contributed by atoms with Gasteiger partial charge in [-0.05, 0) is 30.9 Å². The Balaban J connectivity index is 2.04. The fourth-order valence-electron chi connectivity index (χ4n) is 2.20. The van der Waals surface area contributed by atoms with E-state index in [0.717, 1.165) is 20.5 Å². The van der Waals surface area contributed by atoms with Crippen LogP contribution in [0.2, 0.25) is 0 Å². The van der Waals surface area contributed by atoms with Crippen LogP contribution in [0.4, 0.5) is 0 Å². The fraction of sp³-hybridized carbons (Fsp3) is 0.615. The van der Waals surface area contributed by atoms with Gasteiger partial charge in [0, 0.05) is 9.75 Å². The molecule has 0 bridgehead atoms. The van der Waals surface area contributed by atoms with E-state index < -0.39 is 22.2 Å². The first-order valence-electron chi connectivity index (χ1n) is 7.03. The fourth-order valence-corrected chi connectivity index (χ4v) is 4.45. The quantitative estimate of drug-likeness (QED) is 0.766. The van der Waals surface area contributed by atoms with E-state index in [1.807, 2.05) is 10.8 Å². The van der Waals surface area contributed by atoms with Crippen molar-refractivity contribution in [3.05, 3.63) is 26.8 Å². The average Bonchev–Trinajstić information content (AvgIpc) is 2.95. The van der Waals surface area contributed by atoms with Crippen LogP contribution in [-0.2, 0) is 21.5 Å². The number of hydrogen-bond acceptors (Lipinski definition) is 6. The van der Waals surface area contributed by atoms with Gasteiger partial charge in [0.1, 0.15) is 6.04 Å². The minimum absolute atomic E-state index is 0.126. The highest BCUT2D eigenvalue weighted by Gasteiger charge is 2.34. The van der Waals surface area contributed by atoms with Crippen LogP contribution in [0.1, 0.15) is 42.5 Å². The molecule has 1 aliphatic rings. The van der Waals surface area contributed by atoms with Crippen molar-refractivity contribution in [2.24, 2.45) is 11.1 Å². The van der Waals surface area contributed by atoms with Gasteiger partial charge in [-0.25, -0.2) is 4.72 Å². The molecule has 1 amide bonds. The molecular formula is C13H19N3O4S2. The van der Waals surface area contributed by atoms with Crippen molar-refractivity contribution >= 4 is 27.5 Å². The normalized spacial score (nSPS) is 19.3. The number of carbonyl (C=O) groups is 1. The van der Waals surface area contributed by atoms with Crippen molar-refractivity contribution in [3.8, 4) is 0 Å². The first-order chi connectivity index (χ1) is 10.3. The van der Waals surface area contributed by atoms with Crippen molar-refractivity contribution in [2.45, 2.75) is 39.3 Å². The number of rotatable bonds is 7. The van der Waals surface area contributed by atoms with E-state index in [2.05, 4.69) is 19.0 Å². The third kappa shape index (κ3) is 4.11. The van der Waals surface area contributed by atoms with E-state index in [9.17, 15) is 18.1 Å². The van der Waals surface area contributed by atoms with Crippen LogP contribution in [0.5, 0.6) is 0 Å². The molecule has 122 valence electrons. The lowest BCUT2D eigenvalue weighted by molar-refractivity contribution is -0.118. The van der Waals surface area contributed by atoms with Gasteiger partial charge < -0.3 is 0 Å². The Hall–Kier alpha value is -1.32. The summed E-state index contributed by atoms with van der Waals surface area (Å²) in [5.74, 6) is -0.0309. The van der Waals surface area contributed by atoms with Gasteiger partial charge in [0.25, 0.3) is 0 Å². The van der Waals surface area contributed by atoms with Gasteiger partial charge in [0.2, 0.25) is 5.91 Å². The predicted octanol–water partition coefficient (Wildman–Crippen LogP) is 2.17. The monoisotopic (exact) mass is 345 g/mol. The Labute approximate surface area is 133 Å². The molecule has 0 aromatic carbocycles. The van der Waals surface area contributed by atoms with Gasteiger partial charge >= 0.3 is 10.2 Å². The van der Waals surface area contributed by atoms with Crippen LogP contribution in [-0.4, -0.2) is 25.2 Å². The first-order valence-corrected chi connectivity index (χ1v) is 9.29. The lowest BCUT2D eigenvalue weighted by atomic mass is 10.0. The molecule has 2 heterocycles. The highest BCUT2D eigenvalue weighted by Crippen LogP contribution is 2.31. The first kappa shape index (κ1) is 17.0. The molecule has 1 N–H and O–H groups in total. The van der Waals surface area contributed by atoms with Gasteiger partial charge in [0.15, 0.2) is 0 Å². The molecule has 1 aromatic heterocycles. The molecule has 9 heteroatoms. The predicted molar refractivity (Wildman–Crippen MR) is 84.4 cm³/mol. The van der Waals surface area contributed by atoms with Gasteiger partial charge in [-0.15, -0.1) is 11.3 Å². The van der Waals surface area contributed by atoms with Gasteiger partial charge in [-0.1, -0.05) is 19.0 Å². The Morgan fingerprint density at radius 3 is 2.64 bits per heavy atom. The Bertz CT molecular complexity index is 654. The summed E-state index contributed by atoms with van der Waals surface area (Å²) in [6.45, 7) is 4.13. The van der Waals surface area contributed by atoms with E-state index in [4.69, 9.17) is 0 Å². The standard InChI is InChI=1S/C13H19N3O4S2/c1-9(2)3-5-11(14-18)12-6-4-10(21-12)7-16-8-13(17)15-22(16,19)20/h4,6,9,11H,3,5,7-8H2,1-2H3,(H,15,17). The minimum Gasteiger partial charge on any atom is -0.272 e. The molecule has 1 aromatic rings. The molecule has 7 nitrogen and oxygen atoms in total. The van der Waals surface area contributed by atoms with E-state index >= 15 is 0 Å². The summed E-state index contributed by atoms with van der Waals surface area (Å²) in [4.78, 5) is 23.8. The second-order valence-corrected chi connectivity index (χ2v) is 8.57. The third-order valence-corrected chi connectivity index (χ3v) is 5.99. The van der Waals surface area contributed by atoms with Crippen LogP contribution in [0.15, 0.2) is 17.3 Å². The topological polar surface area (TPSA) is 95.9 Å². The maximum Gasteiger partial charge on any atom is 0.304 e. The SMILES string of the molecule is CC(C)CCC(N=O)c1ccc(CN2CC(=O)NS2(=O)=O)s1. The number of hydrogen-bond donors (Lipinski definition) is 1.